The molecule has 0 amide bonds. The number of hydrogen-bond acceptors (Lipinski definition) is 4. The second-order valence-corrected chi connectivity index (χ2v) is 4.92. The van der Waals surface area contributed by atoms with E-state index in [2.05, 4.69) is 33.5 Å². The molecule has 0 bridgehead atoms. The number of aromatic nitrogens is 2. The topological polar surface area (TPSA) is 61.7 Å². The Labute approximate surface area is 118 Å². The van der Waals surface area contributed by atoms with E-state index in [1.165, 1.54) is 0 Å². The SMILES string of the molecule is CC(=N)c1cc(-c2cnc(C)nc2)cc2c1NCC=C2. The summed E-state index contributed by atoms with van der Waals surface area (Å²) in [4.78, 5) is 8.49. The summed E-state index contributed by atoms with van der Waals surface area (Å²) in [6, 6.07) is 4.14. The van der Waals surface area contributed by atoms with E-state index in [1.54, 1.807) is 0 Å². The maximum absolute atomic E-state index is 7.97. The maximum Gasteiger partial charge on any atom is 0.125 e. The first-order valence-corrected chi connectivity index (χ1v) is 6.58. The third kappa shape index (κ3) is 2.20. The third-order valence-electron chi connectivity index (χ3n) is 3.38. The zero-order valence-electron chi connectivity index (χ0n) is 11.6. The lowest BCUT2D eigenvalue weighted by molar-refractivity contribution is 1.06. The molecule has 1 aromatic heterocycles. The number of aryl methyl sites for hydroxylation is 1. The van der Waals surface area contributed by atoms with E-state index in [1.807, 2.05) is 32.3 Å². The fourth-order valence-electron chi connectivity index (χ4n) is 2.34. The Morgan fingerprint density at radius 2 is 1.95 bits per heavy atom. The van der Waals surface area contributed by atoms with Crippen LogP contribution in [-0.4, -0.2) is 22.2 Å². The van der Waals surface area contributed by atoms with Gasteiger partial charge >= 0.3 is 0 Å². The molecule has 2 aromatic rings. The van der Waals surface area contributed by atoms with Gasteiger partial charge in [-0.2, -0.15) is 0 Å². The van der Waals surface area contributed by atoms with Crippen LogP contribution in [0.5, 0.6) is 0 Å². The zero-order valence-corrected chi connectivity index (χ0v) is 11.6. The predicted octanol–water partition coefficient (Wildman–Crippen LogP) is 3.28. The molecule has 1 aromatic carbocycles. The Balaban J connectivity index is 2.18. The molecule has 0 atom stereocenters. The van der Waals surface area contributed by atoms with Gasteiger partial charge < -0.3 is 10.7 Å². The summed E-state index contributed by atoms with van der Waals surface area (Å²) in [7, 11) is 0. The number of nitrogens with one attached hydrogen (secondary N) is 2. The predicted molar refractivity (Wildman–Crippen MR) is 82.2 cm³/mol. The van der Waals surface area contributed by atoms with Gasteiger partial charge in [0.2, 0.25) is 0 Å². The van der Waals surface area contributed by atoms with E-state index in [9.17, 15) is 0 Å². The van der Waals surface area contributed by atoms with Gasteiger partial charge in [-0.3, -0.25) is 0 Å². The van der Waals surface area contributed by atoms with Gasteiger partial charge in [-0.15, -0.1) is 0 Å². The van der Waals surface area contributed by atoms with Crippen molar-refractivity contribution in [2.45, 2.75) is 13.8 Å². The van der Waals surface area contributed by atoms with Crippen molar-refractivity contribution in [1.29, 1.82) is 5.41 Å². The minimum atomic E-state index is 0.555. The first kappa shape index (κ1) is 12.5. The van der Waals surface area contributed by atoms with Gasteiger partial charge in [0.25, 0.3) is 0 Å². The monoisotopic (exact) mass is 264 g/mol. The van der Waals surface area contributed by atoms with E-state index in [0.29, 0.717) is 5.71 Å². The van der Waals surface area contributed by atoms with Gasteiger partial charge in [-0.1, -0.05) is 12.2 Å². The van der Waals surface area contributed by atoms with E-state index < -0.39 is 0 Å². The Hall–Kier alpha value is -2.49. The molecular weight excluding hydrogens is 248 g/mol. The normalized spacial score (nSPS) is 12.7. The van der Waals surface area contributed by atoms with Crippen molar-refractivity contribution >= 4 is 17.5 Å². The van der Waals surface area contributed by atoms with Crippen LogP contribution in [0, 0.1) is 12.3 Å². The smallest absolute Gasteiger partial charge is 0.125 e. The van der Waals surface area contributed by atoms with Gasteiger partial charge in [0.1, 0.15) is 5.82 Å². The van der Waals surface area contributed by atoms with Gasteiger partial charge in [-0.05, 0) is 37.1 Å². The van der Waals surface area contributed by atoms with Crippen LogP contribution in [0.1, 0.15) is 23.9 Å². The molecule has 2 N–H and O–H groups in total. The van der Waals surface area contributed by atoms with Crippen molar-refractivity contribution < 1.29 is 0 Å². The van der Waals surface area contributed by atoms with Crippen LogP contribution in [0.2, 0.25) is 0 Å². The van der Waals surface area contributed by atoms with E-state index in [4.69, 9.17) is 5.41 Å². The van der Waals surface area contributed by atoms with Crippen LogP contribution in [0.3, 0.4) is 0 Å². The lowest BCUT2D eigenvalue weighted by atomic mass is 9.95. The van der Waals surface area contributed by atoms with Crippen LogP contribution in [0.15, 0.2) is 30.6 Å². The summed E-state index contributed by atoms with van der Waals surface area (Å²) in [5, 5.41) is 11.3. The molecule has 1 aliphatic rings. The summed E-state index contributed by atoms with van der Waals surface area (Å²) in [6.45, 7) is 4.49. The second kappa shape index (κ2) is 4.89. The largest absolute Gasteiger partial charge is 0.381 e. The van der Waals surface area contributed by atoms with Crippen LogP contribution < -0.4 is 5.32 Å². The Bertz CT molecular complexity index is 699. The number of hydrogen-bond donors (Lipinski definition) is 2. The number of nitrogens with zero attached hydrogens (tertiary/aromatic N) is 2. The number of rotatable bonds is 2. The molecule has 100 valence electrons. The summed E-state index contributed by atoms with van der Waals surface area (Å²) in [5.74, 6) is 0.761. The Kier molecular flexibility index (Phi) is 3.06. The van der Waals surface area contributed by atoms with Gasteiger partial charge in [0, 0.05) is 35.8 Å². The molecule has 4 nitrogen and oxygen atoms in total. The van der Waals surface area contributed by atoms with Crippen molar-refractivity contribution in [3.63, 3.8) is 0 Å². The number of benzene rings is 1. The molecule has 4 heteroatoms. The number of anilines is 1. The lowest BCUT2D eigenvalue weighted by Gasteiger charge is -2.19. The average molecular weight is 264 g/mol. The zero-order chi connectivity index (χ0) is 14.1. The fraction of sp³-hybridized carbons (Fsp3) is 0.188. The van der Waals surface area contributed by atoms with Crippen LogP contribution in [0.25, 0.3) is 17.2 Å². The summed E-state index contributed by atoms with van der Waals surface area (Å²) >= 11 is 0. The van der Waals surface area contributed by atoms with Gasteiger partial charge in [-0.25, -0.2) is 9.97 Å². The maximum atomic E-state index is 7.97. The lowest BCUT2D eigenvalue weighted by Crippen LogP contribution is -2.10. The molecule has 0 saturated heterocycles. The first-order chi connectivity index (χ1) is 9.65. The second-order valence-electron chi connectivity index (χ2n) is 4.92. The molecule has 0 aliphatic carbocycles. The summed E-state index contributed by atoms with van der Waals surface area (Å²) in [6.07, 6.45) is 7.83. The molecule has 0 fully saturated rings. The standard InChI is InChI=1S/C16H16N4/c1-10(17)15-7-13(14-8-19-11(2)20-9-14)6-12-4-3-5-18-16(12)15/h3-4,6-9,17-18H,5H2,1-2H3. The molecule has 2 heterocycles. The highest BCUT2D eigenvalue weighted by Gasteiger charge is 2.14. The highest BCUT2D eigenvalue weighted by molar-refractivity contribution is 6.04. The number of fused-ring (bicyclic) bond motifs is 1. The third-order valence-corrected chi connectivity index (χ3v) is 3.38. The molecule has 20 heavy (non-hydrogen) atoms. The molecule has 3 rings (SSSR count). The van der Waals surface area contributed by atoms with Crippen molar-refractivity contribution in [3.8, 4) is 11.1 Å². The van der Waals surface area contributed by atoms with Gasteiger partial charge in [0.05, 0.1) is 5.69 Å². The summed E-state index contributed by atoms with van der Waals surface area (Å²) < 4.78 is 0. The summed E-state index contributed by atoms with van der Waals surface area (Å²) in [5.41, 5.74) is 5.65. The van der Waals surface area contributed by atoms with Crippen molar-refractivity contribution in [3.05, 3.63) is 47.6 Å². The van der Waals surface area contributed by atoms with Crippen molar-refractivity contribution in [1.82, 2.24) is 9.97 Å². The van der Waals surface area contributed by atoms with E-state index in [0.717, 1.165) is 40.3 Å². The fourth-order valence-corrected chi connectivity index (χ4v) is 2.34. The highest BCUT2D eigenvalue weighted by Crippen LogP contribution is 2.31. The molecule has 0 spiro atoms. The minimum absolute atomic E-state index is 0.555. The minimum Gasteiger partial charge on any atom is -0.381 e. The molecule has 0 unspecified atom stereocenters. The first-order valence-electron chi connectivity index (χ1n) is 6.58. The van der Waals surface area contributed by atoms with Crippen LogP contribution >= 0.6 is 0 Å². The molecule has 0 radical (unpaired) electrons. The van der Waals surface area contributed by atoms with Crippen molar-refractivity contribution in [2.75, 3.05) is 11.9 Å². The van der Waals surface area contributed by atoms with Crippen LogP contribution in [0.4, 0.5) is 5.69 Å². The highest BCUT2D eigenvalue weighted by atomic mass is 14.9. The Morgan fingerprint density at radius 3 is 2.65 bits per heavy atom. The van der Waals surface area contributed by atoms with E-state index >= 15 is 0 Å². The van der Waals surface area contributed by atoms with Crippen molar-refractivity contribution in [2.24, 2.45) is 0 Å². The molecule has 0 saturated carbocycles. The Morgan fingerprint density at radius 1 is 1.20 bits per heavy atom. The molecule has 1 aliphatic heterocycles. The average Bonchev–Trinajstić information content (AvgIpc) is 2.46. The molecular formula is C16H16N4. The van der Waals surface area contributed by atoms with Gasteiger partial charge in [0.15, 0.2) is 0 Å². The van der Waals surface area contributed by atoms with E-state index in [-0.39, 0.29) is 0 Å². The quantitative estimate of drug-likeness (QED) is 0.818. The van der Waals surface area contributed by atoms with Crippen LogP contribution in [-0.2, 0) is 0 Å².